The lowest BCUT2D eigenvalue weighted by Crippen LogP contribution is -2.50. The number of allylic oxidation sites excluding steroid dienone is 2. The van der Waals surface area contributed by atoms with Crippen molar-refractivity contribution in [1.29, 1.82) is 0 Å². The summed E-state index contributed by atoms with van der Waals surface area (Å²) in [7, 11) is 1.98. The molecule has 152 valence electrons. The number of carbonyl (C=O) groups excluding carboxylic acids is 1. The Morgan fingerprint density at radius 2 is 2.15 bits per heavy atom. The van der Waals surface area contributed by atoms with Crippen LogP contribution in [0.1, 0.15) is 71.6 Å². The lowest BCUT2D eigenvalue weighted by atomic mass is 9.70. The second-order valence-corrected chi connectivity index (χ2v) is 8.65. The summed E-state index contributed by atoms with van der Waals surface area (Å²) in [5.41, 5.74) is 10.3. The molecule has 3 aliphatic rings. The number of nitrogens with one attached hydrogen (secondary N) is 2. The van der Waals surface area contributed by atoms with Crippen molar-refractivity contribution in [3.63, 3.8) is 0 Å². The highest BCUT2D eigenvalue weighted by molar-refractivity contribution is 5.81. The first-order valence-corrected chi connectivity index (χ1v) is 10.8. The van der Waals surface area contributed by atoms with Crippen LogP contribution in [0.3, 0.4) is 0 Å². The molecule has 1 saturated carbocycles. The van der Waals surface area contributed by atoms with Gasteiger partial charge in [-0.3, -0.25) is 4.79 Å². The van der Waals surface area contributed by atoms with Crippen molar-refractivity contribution in [2.75, 3.05) is 13.7 Å². The van der Waals surface area contributed by atoms with Crippen LogP contribution in [-0.2, 0) is 4.79 Å². The Morgan fingerprint density at radius 1 is 1.37 bits per heavy atom. The molecule has 3 rings (SSSR count). The summed E-state index contributed by atoms with van der Waals surface area (Å²) >= 11 is 0. The zero-order chi connectivity index (χ0) is 19.6. The van der Waals surface area contributed by atoms with E-state index in [9.17, 15) is 4.79 Å². The fraction of sp³-hybridized carbons (Fsp3) is 0.773. The van der Waals surface area contributed by atoms with Crippen LogP contribution in [0.15, 0.2) is 23.4 Å². The van der Waals surface area contributed by atoms with Gasteiger partial charge in [-0.2, -0.15) is 0 Å². The Labute approximate surface area is 164 Å². The molecule has 5 heteroatoms. The number of nitrogens with zero attached hydrogens (tertiary/aromatic N) is 1. The van der Waals surface area contributed by atoms with Crippen LogP contribution in [0.2, 0.25) is 0 Å². The van der Waals surface area contributed by atoms with E-state index in [4.69, 9.17) is 5.73 Å². The predicted molar refractivity (Wildman–Crippen MR) is 111 cm³/mol. The Balaban J connectivity index is 1.69. The van der Waals surface area contributed by atoms with Crippen molar-refractivity contribution < 1.29 is 4.79 Å². The number of rotatable bonds is 10. The first kappa shape index (κ1) is 20.4. The van der Waals surface area contributed by atoms with Crippen molar-refractivity contribution >= 4 is 5.91 Å². The molecule has 0 spiro atoms. The molecule has 4 unspecified atom stereocenters. The van der Waals surface area contributed by atoms with E-state index in [1.54, 1.807) is 0 Å². The van der Waals surface area contributed by atoms with Gasteiger partial charge in [-0.1, -0.05) is 32.4 Å². The Kier molecular flexibility index (Phi) is 6.32. The topological polar surface area (TPSA) is 70.4 Å². The molecule has 3 aliphatic carbocycles. The second-order valence-electron chi connectivity index (χ2n) is 8.65. The van der Waals surface area contributed by atoms with Gasteiger partial charge in [0.05, 0.1) is 18.2 Å². The highest BCUT2D eigenvalue weighted by Crippen LogP contribution is 2.46. The van der Waals surface area contributed by atoms with Crippen LogP contribution < -0.4 is 16.4 Å². The monoisotopic (exact) mass is 374 g/mol. The van der Waals surface area contributed by atoms with Crippen LogP contribution in [-0.4, -0.2) is 42.1 Å². The van der Waals surface area contributed by atoms with Crippen LogP contribution in [0.25, 0.3) is 0 Å². The van der Waals surface area contributed by atoms with Crippen LogP contribution in [0.4, 0.5) is 0 Å². The molecular weight excluding hydrogens is 336 g/mol. The van der Waals surface area contributed by atoms with Gasteiger partial charge in [0.25, 0.3) is 0 Å². The molecule has 0 aliphatic heterocycles. The minimum Gasteiger partial charge on any atom is -0.356 e. The summed E-state index contributed by atoms with van der Waals surface area (Å²) in [6, 6.07) is 0.683. The maximum atomic E-state index is 13.1. The van der Waals surface area contributed by atoms with Crippen LogP contribution in [0.5, 0.6) is 0 Å². The largest absolute Gasteiger partial charge is 0.356 e. The molecule has 0 bridgehead atoms. The van der Waals surface area contributed by atoms with E-state index in [1.807, 2.05) is 7.05 Å². The number of hydrogen-bond acceptors (Lipinski definition) is 4. The lowest BCUT2D eigenvalue weighted by Gasteiger charge is -2.45. The smallest absolute Gasteiger partial charge is 0.224 e. The predicted octanol–water partition coefficient (Wildman–Crippen LogP) is 3.03. The third-order valence-corrected chi connectivity index (χ3v) is 7.15. The Hall–Kier alpha value is -1.33. The van der Waals surface area contributed by atoms with Crippen LogP contribution >= 0.6 is 0 Å². The lowest BCUT2D eigenvalue weighted by molar-refractivity contribution is -0.127. The van der Waals surface area contributed by atoms with Crippen molar-refractivity contribution in [1.82, 2.24) is 15.5 Å². The second kappa shape index (κ2) is 8.36. The fourth-order valence-electron chi connectivity index (χ4n) is 5.04. The highest BCUT2D eigenvalue weighted by Gasteiger charge is 2.54. The summed E-state index contributed by atoms with van der Waals surface area (Å²) in [6.07, 6.45) is 9.43. The quantitative estimate of drug-likeness (QED) is 0.406. The molecule has 0 saturated heterocycles. The third-order valence-electron chi connectivity index (χ3n) is 7.15. The van der Waals surface area contributed by atoms with Gasteiger partial charge in [-0.05, 0) is 64.0 Å². The average molecular weight is 375 g/mol. The molecule has 27 heavy (non-hydrogen) atoms. The van der Waals surface area contributed by atoms with Gasteiger partial charge < -0.3 is 21.3 Å². The number of unbranched alkanes of at least 4 members (excludes halogenated alkanes) is 1. The highest BCUT2D eigenvalue weighted by atomic mass is 16.2. The summed E-state index contributed by atoms with van der Waals surface area (Å²) in [4.78, 5) is 15.4. The van der Waals surface area contributed by atoms with E-state index in [-0.39, 0.29) is 23.4 Å². The molecular formula is C22H38N4O. The fourth-order valence-corrected chi connectivity index (χ4v) is 5.04. The van der Waals surface area contributed by atoms with Gasteiger partial charge in [-0.25, -0.2) is 0 Å². The molecule has 0 radical (unpaired) electrons. The summed E-state index contributed by atoms with van der Waals surface area (Å²) in [6.45, 7) is 9.17. The molecule has 1 amide bonds. The molecule has 1 fully saturated rings. The minimum absolute atomic E-state index is 0.0338. The maximum Gasteiger partial charge on any atom is 0.224 e. The summed E-state index contributed by atoms with van der Waals surface area (Å²) in [5, 5.41) is 6.72. The van der Waals surface area contributed by atoms with Crippen molar-refractivity contribution in [3.8, 4) is 0 Å². The van der Waals surface area contributed by atoms with Crippen molar-refractivity contribution in [2.45, 2.75) is 89.3 Å². The zero-order valence-corrected chi connectivity index (χ0v) is 17.4. The average Bonchev–Trinajstić information content (AvgIpc) is 3.35. The molecule has 4 atom stereocenters. The molecule has 0 aromatic heterocycles. The van der Waals surface area contributed by atoms with E-state index in [0.717, 1.165) is 63.5 Å². The summed E-state index contributed by atoms with van der Waals surface area (Å²) < 4.78 is 0. The number of nitrogens with two attached hydrogens (primary N) is 1. The normalized spacial score (nSPS) is 31.8. The first-order valence-electron chi connectivity index (χ1n) is 10.8. The van der Waals surface area contributed by atoms with Crippen molar-refractivity contribution in [3.05, 3.63) is 23.4 Å². The molecule has 0 aromatic carbocycles. The molecule has 5 nitrogen and oxygen atoms in total. The molecule has 0 aromatic rings. The van der Waals surface area contributed by atoms with E-state index in [2.05, 4.69) is 36.0 Å². The van der Waals surface area contributed by atoms with Gasteiger partial charge in [0.2, 0.25) is 5.91 Å². The number of hydrogen-bond donors (Lipinski definition) is 3. The van der Waals surface area contributed by atoms with Crippen LogP contribution in [0, 0.1) is 5.92 Å². The van der Waals surface area contributed by atoms with Crippen molar-refractivity contribution in [2.24, 2.45) is 11.7 Å². The molecule has 0 heterocycles. The standard InChI is InChI=1S/C22H38N4O/c1-5-7-8-15(3)26(14-23)19-12-17(11-16-9-10-18(16)19)21(27)25-22(6-2)13-20(22)24-4/h17,19-20,24H,3,5-14,23H2,1-2,4H3,(H,25,27). The Morgan fingerprint density at radius 3 is 2.67 bits per heavy atom. The van der Waals surface area contributed by atoms with Gasteiger partial charge in [-0.15, -0.1) is 0 Å². The van der Waals surface area contributed by atoms with E-state index in [1.165, 1.54) is 11.1 Å². The van der Waals surface area contributed by atoms with Gasteiger partial charge in [0.1, 0.15) is 0 Å². The molecule has 4 N–H and O–H groups in total. The third kappa shape index (κ3) is 3.95. The van der Waals surface area contributed by atoms with Gasteiger partial charge in [0, 0.05) is 17.7 Å². The first-order chi connectivity index (χ1) is 13.0. The minimum atomic E-state index is -0.0338. The van der Waals surface area contributed by atoms with Gasteiger partial charge >= 0.3 is 0 Å². The Bertz CT molecular complexity index is 613. The number of likely N-dealkylation sites (N-methyl/N-ethyl adjacent to an activating group) is 1. The van der Waals surface area contributed by atoms with E-state index >= 15 is 0 Å². The zero-order valence-electron chi connectivity index (χ0n) is 17.4. The van der Waals surface area contributed by atoms with E-state index < -0.39 is 0 Å². The number of carbonyl (C=O) groups is 1. The SMILES string of the molecule is C=C(CCCC)N(CN)C1CC(C(=O)NC2(CC)CC2NC)CC2=C1CC2. The maximum absolute atomic E-state index is 13.1. The van der Waals surface area contributed by atoms with Gasteiger partial charge in [0.15, 0.2) is 0 Å². The number of amides is 1. The van der Waals surface area contributed by atoms with E-state index in [0.29, 0.717) is 12.7 Å². The summed E-state index contributed by atoms with van der Waals surface area (Å²) in [5.74, 6) is 0.290.